The number of nitrogens with one attached hydrogen (secondary N) is 1. The molecule has 1 amide bonds. The first-order chi connectivity index (χ1) is 11.3. The van der Waals surface area contributed by atoms with Crippen molar-refractivity contribution in [3.8, 4) is 0 Å². The molecular weight excluding hydrogens is 323 g/mol. The lowest BCUT2D eigenvalue weighted by Crippen LogP contribution is -2.30. The Morgan fingerprint density at radius 2 is 1.96 bits per heavy atom. The van der Waals surface area contributed by atoms with Gasteiger partial charge in [0, 0.05) is 18.3 Å². The maximum Gasteiger partial charge on any atom is 0.417 e. The summed E-state index contributed by atoms with van der Waals surface area (Å²) < 4.78 is 39.9. The zero-order valence-electron chi connectivity index (χ0n) is 12.7. The largest absolute Gasteiger partial charge is 0.417 e. The van der Waals surface area contributed by atoms with Crippen LogP contribution < -0.4 is 11.0 Å². The van der Waals surface area contributed by atoms with Crippen LogP contribution in [-0.2, 0) is 12.7 Å². The van der Waals surface area contributed by atoms with E-state index >= 15 is 0 Å². The summed E-state index contributed by atoms with van der Waals surface area (Å²) in [4.78, 5) is 23.9. The SMILES string of the molecule is CCn1cccc(C(=O)N/N=C\c2ccccc2C(F)(F)F)c1=O. The van der Waals surface area contributed by atoms with E-state index < -0.39 is 23.2 Å². The standard InChI is InChI=1S/C16H14F3N3O2/c1-2-22-9-5-7-12(15(22)24)14(23)21-20-10-11-6-3-4-8-13(11)16(17,18)19/h3-10H,2H2,1H3,(H,21,23)/b20-10-. The van der Waals surface area contributed by atoms with E-state index in [4.69, 9.17) is 0 Å². The van der Waals surface area contributed by atoms with Gasteiger partial charge in [-0.05, 0) is 25.1 Å². The van der Waals surface area contributed by atoms with Crippen molar-refractivity contribution in [3.63, 3.8) is 0 Å². The summed E-state index contributed by atoms with van der Waals surface area (Å²) in [5.41, 5.74) is 0.378. The summed E-state index contributed by atoms with van der Waals surface area (Å²) in [5, 5.41) is 3.52. The van der Waals surface area contributed by atoms with Crippen molar-refractivity contribution in [1.29, 1.82) is 0 Å². The molecule has 0 aliphatic rings. The molecule has 5 nitrogen and oxygen atoms in total. The Labute approximate surface area is 135 Å². The number of alkyl halides is 3. The molecule has 0 radical (unpaired) electrons. The van der Waals surface area contributed by atoms with Crippen LogP contribution in [0, 0.1) is 0 Å². The smallest absolute Gasteiger partial charge is 0.315 e. The second-order valence-corrected chi connectivity index (χ2v) is 4.80. The fourth-order valence-corrected chi connectivity index (χ4v) is 2.05. The molecule has 0 aliphatic heterocycles. The minimum atomic E-state index is -4.53. The quantitative estimate of drug-likeness (QED) is 0.689. The zero-order valence-corrected chi connectivity index (χ0v) is 12.7. The van der Waals surface area contributed by atoms with E-state index in [1.54, 1.807) is 6.92 Å². The first-order valence-corrected chi connectivity index (χ1v) is 7.03. The summed E-state index contributed by atoms with van der Waals surface area (Å²) >= 11 is 0. The Hall–Kier alpha value is -2.90. The molecule has 2 aromatic rings. The van der Waals surface area contributed by atoms with Crippen LogP contribution in [0.25, 0.3) is 0 Å². The highest BCUT2D eigenvalue weighted by Crippen LogP contribution is 2.30. The van der Waals surface area contributed by atoms with Gasteiger partial charge in [0.1, 0.15) is 5.56 Å². The van der Waals surface area contributed by atoms with Crippen LogP contribution >= 0.6 is 0 Å². The van der Waals surface area contributed by atoms with E-state index in [1.807, 2.05) is 0 Å². The Balaban J connectivity index is 2.19. The van der Waals surface area contributed by atoms with E-state index in [0.717, 1.165) is 12.3 Å². The van der Waals surface area contributed by atoms with Gasteiger partial charge in [0.05, 0.1) is 11.8 Å². The number of nitrogens with zero attached hydrogens (tertiary/aromatic N) is 2. The first-order valence-electron chi connectivity index (χ1n) is 7.03. The van der Waals surface area contributed by atoms with E-state index in [2.05, 4.69) is 10.5 Å². The summed E-state index contributed by atoms with van der Waals surface area (Å²) in [5.74, 6) is -0.788. The van der Waals surface area contributed by atoms with Crippen LogP contribution in [0.1, 0.15) is 28.4 Å². The number of aryl methyl sites for hydroxylation is 1. The number of amides is 1. The van der Waals surface area contributed by atoms with Gasteiger partial charge >= 0.3 is 6.18 Å². The molecule has 126 valence electrons. The third-order valence-corrected chi connectivity index (χ3v) is 3.24. The van der Waals surface area contributed by atoms with Crippen molar-refractivity contribution in [2.75, 3.05) is 0 Å². The van der Waals surface area contributed by atoms with Gasteiger partial charge in [-0.2, -0.15) is 18.3 Å². The second kappa shape index (κ2) is 7.12. The van der Waals surface area contributed by atoms with Gasteiger partial charge in [-0.25, -0.2) is 5.43 Å². The number of hydrogen-bond acceptors (Lipinski definition) is 3. The topological polar surface area (TPSA) is 63.5 Å². The lowest BCUT2D eigenvalue weighted by atomic mass is 10.1. The Bertz CT molecular complexity index is 826. The number of benzene rings is 1. The van der Waals surface area contributed by atoms with E-state index in [9.17, 15) is 22.8 Å². The highest BCUT2D eigenvalue weighted by Gasteiger charge is 2.32. The minimum absolute atomic E-state index is 0.138. The maximum atomic E-state index is 12.8. The lowest BCUT2D eigenvalue weighted by molar-refractivity contribution is -0.137. The molecular formula is C16H14F3N3O2. The highest BCUT2D eigenvalue weighted by atomic mass is 19.4. The van der Waals surface area contributed by atoms with Crippen molar-refractivity contribution < 1.29 is 18.0 Å². The second-order valence-electron chi connectivity index (χ2n) is 4.80. The number of aromatic nitrogens is 1. The molecule has 0 atom stereocenters. The van der Waals surface area contributed by atoms with Gasteiger partial charge in [0.15, 0.2) is 0 Å². The van der Waals surface area contributed by atoms with Gasteiger partial charge in [-0.15, -0.1) is 0 Å². The van der Waals surface area contributed by atoms with Gasteiger partial charge in [0.2, 0.25) is 0 Å². The third-order valence-electron chi connectivity index (χ3n) is 3.24. The van der Waals surface area contributed by atoms with Crippen molar-refractivity contribution in [3.05, 3.63) is 69.6 Å². The minimum Gasteiger partial charge on any atom is -0.315 e. The monoisotopic (exact) mass is 337 g/mol. The predicted molar refractivity (Wildman–Crippen MR) is 82.9 cm³/mol. The summed E-state index contributed by atoms with van der Waals surface area (Å²) in [6, 6.07) is 7.68. The van der Waals surface area contributed by atoms with Crippen LogP contribution in [0.5, 0.6) is 0 Å². The normalized spacial score (nSPS) is 11.7. The summed E-state index contributed by atoms with van der Waals surface area (Å²) in [6.45, 7) is 2.14. The summed E-state index contributed by atoms with van der Waals surface area (Å²) in [7, 11) is 0. The molecule has 0 fully saturated rings. The van der Waals surface area contributed by atoms with E-state index in [1.165, 1.54) is 41.1 Å². The molecule has 0 saturated heterocycles. The fourth-order valence-electron chi connectivity index (χ4n) is 2.05. The van der Waals surface area contributed by atoms with Gasteiger partial charge in [0.25, 0.3) is 11.5 Å². The van der Waals surface area contributed by atoms with Crippen molar-refractivity contribution in [2.45, 2.75) is 19.6 Å². The number of pyridine rings is 1. The molecule has 0 unspecified atom stereocenters. The van der Waals surface area contributed by atoms with E-state index in [0.29, 0.717) is 6.54 Å². The zero-order chi connectivity index (χ0) is 17.7. The molecule has 1 aromatic carbocycles. The third kappa shape index (κ3) is 3.89. The van der Waals surface area contributed by atoms with Crippen LogP contribution in [0.3, 0.4) is 0 Å². The molecule has 0 bridgehead atoms. The highest BCUT2D eigenvalue weighted by molar-refractivity contribution is 5.94. The van der Waals surface area contributed by atoms with Crippen LogP contribution in [0.2, 0.25) is 0 Å². The molecule has 1 aromatic heterocycles. The van der Waals surface area contributed by atoms with E-state index in [-0.39, 0.29) is 11.1 Å². The molecule has 8 heteroatoms. The average Bonchev–Trinajstić information content (AvgIpc) is 2.54. The van der Waals surface area contributed by atoms with Crippen molar-refractivity contribution >= 4 is 12.1 Å². The molecule has 2 rings (SSSR count). The maximum absolute atomic E-state index is 12.8. The van der Waals surface area contributed by atoms with Crippen LogP contribution in [0.4, 0.5) is 13.2 Å². The van der Waals surface area contributed by atoms with Crippen molar-refractivity contribution in [1.82, 2.24) is 9.99 Å². The molecule has 1 heterocycles. The molecule has 24 heavy (non-hydrogen) atoms. The number of carbonyl (C=O) groups excluding carboxylic acids is 1. The van der Waals surface area contributed by atoms with Gasteiger partial charge < -0.3 is 4.57 Å². The number of hydrogen-bond donors (Lipinski definition) is 1. The summed E-state index contributed by atoms with van der Waals surface area (Å²) in [6.07, 6.45) is -2.11. The molecule has 0 aliphatic carbocycles. The Morgan fingerprint density at radius 3 is 2.62 bits per heavy atom. The first kappa shape index (κ1) is 17.5. The number of halogens is 3. The predicted octanol–water partition coefficient (Wildman–Crippen LogP) is 2.65. The number of carbonyl (C=O) groups is 1. The molecule has 0 saturated carbocycles. The van der Waals surface area contributed by atoms with Gasteiger partial charge in [-0.3, -0.25) is 9.59 Å². The van der Waals surface area contributed by atoms with Crippen LogP contribution in [0.15, 0.2) is 52.5 Å². The number of rotatable bonds is 4. The van der Waals surface area contributed by atoms with Crippen LogP contribution in [-0.4, -0.2) is 16.7 Å². The molecule has 1 N–H and O–H groups in total. The molecule has 0 spiro atoms. The average molecular weight is 337 g/mol. The number of hydrazone groups is 1. The Morgan fingerprint density at radius 1 is 1.25 bits per heavy atom. The van der Waals surface area contributed by atoms with Gasteiger partial charge in [-0.1, -0.05) is 18.2 Å². The fraction of sp³-hybridized carbons (Fsp3) is 0.188. The van der Waals surface area contributed by atoms with Crippen molar-refractivity contribution in [2.24, 2.45) is 5.10 Å². The Kier molecular flexibility index (Phi) is 5.18. The lowest BCUT2D eigenvalue weighted by Gasteiger charge is -2.09.